The molecular formula is C38H20BN3O3. The maximum Gasteiger partial charge on any atom is 0.270 e. The predicted molar refractivity (Wildman–Crippen MR) is 172 cm³/mol. The van der Waals surface area contributed by atoms with Crippen molar-refractivity contribution in [3.63, 3.8) is 0 Å². The molecule has 0 N–H and O–H groups in total. The summed E-state index contributed by atoms with van der Waals surface area (Å²) in [5.41, 5.74) is 8.30. The average Bonchev–Trinajstić information content (AvgIpc) is 3.42. The highest BCUT2D eigenvalue weighted by Gasteiger charge is 2.49. The number of hydrogen-bond donors (Lipinski definition) is 0. The lowest BCUT2D eigenvalue weighted by Crippen LogP contribution is -2.55. The number of ether oxygens (including phenoxy) is 3. The van der Waals surface area contributed by atoms with Crippen molar-refractivity contribution in [1.82, 2.24) is 4.57 Å². The number of aromatic nitrogens is 1. The van der Waals surface area contributed by atoms with Gasteiger partial charge in [-0.15, -0.1) is 0 Å². The minimum absolute atomic E-state index is 0.00568. The highest BCUT2D eigenvalue weighted by Crippen LogP contribution is 2.47. The van der Waals surface area contributed by atoms with Crippen LogP contribution in [0.15, 0.2) is 120 Å². The van der Waals surface area contributed by atoms with Crippen LogP contribution >= 0.6 is 0 Å². The lowest BCUT2D eigenvalue weighted by molar-refractivity contribution is 0.359. The minimum Gasteiger partial charge on any atom is -0.462 e. The van der Waals surface area contributed by atoms with Crippen LogP contribution in [0.25, 0.3) is 27.5 Å². The van der Waals surface area contributed by atoms with Crippen LogP contribution in [0.3, 0.4) is 0 Å². The molecule has 5 aromatic carbocycles. The van der Waals surface area contributed by atoms with Gasteiger partial charge in [0.2, 0.25) is 0 Å². The van der Waals surface area contributed by atoms with Gasteiger partial charge in [-0.3, -0.25) is 0 Å². The number of nitrogens with zero attached hydrogens (tertiary/aromatic N) is 3. The Bertz CT molecular complexity index is 2420. The second-order valence-corrected chi connectivity index (χ2v) is 11.9. The predicted octanol–water partition coefficient (Wildman–Crippen LogP) is 6.89. The van der Waals surface area contributed by atoms with Crippen LogP contribution in [0.2, 0.25) is 0 Å². The van der Waals surface area contributed by atoms with Crippen LogP contribution in [0.1, 0.15) is 29.0 Å². The molecule has 7 heteroatoms. The van der Waals surface area contributed by atoms with Crippen molar-refractivity contribution >= 4 is 39.4 Å². The van der Waals surface area contributed by atoms with E-state index < -0.39 is 0 Å². The van der Waals surface area contributed by atoms with Gasteiger partial charge < -0.3 is 18.8 Å². The van der Waals surface area contributed by atoms with Crippen LogP contribution in [0.4, 0.5) is 0 Å². The molecule has 1 aromatic heterocycles. The molecule has 0 saturated carbocycles. The number of nitriles is 2. The van der Waals surface area contributed by atoms with Crippen LogP contribution in [0.5, 0.6) is 23.0 Å². The lowest BCUT2D eigenvalue weighted by atomic mass is 9.32. The number of hydrogen-bond acceptors (Lipinski definition) is 5. The van der Waals surface area contributed by atoms with Gasteiger partial charge in [0.05, 0.1) is 34.3 Å². The Hall–Kier alpha value is -6.18. The molecule has 4 heterocycles. The van der Waals surface area contributed by atoms with Gasteiger partial charge in [-0.05, 0) is 60.2 Å². The van der Waals surface area contributed by atoms with Crippen molar-refractivity contribution in [2.24, 2.45) is 0 Å². The molecule has 1 unspecified atom stereocenters. The summed E-state index contributed by atoms with van der Waals surface area (Å²) < 4.78 is 21.7. The van der Waals surface area contributed by atoms with Crippen LogP contribution < -0.4 is 25.1 Å². The quantitative estimate of drug-likeness (QED) is 0.210. The highest BCUT2D eigenvalue weighted by atomic mass is 16.5. The molecule has 1 aliphatic carbocycles. The third-order valence-corrected chi connectivity index (χ3v) is 9.49. The number of para-hydroxylation sites is 2. The standard InChI is InChI=1S/C38H20BN3O3/c40-19-21-13-30-36-32(15-21)44-34-17-24(18-35-38(34)39(36)37-31(43-30)14-22(20-41)16-33(37)45-35)23-9-11-25(12-10-23)42-28-7-3-1-5-26(28)27-6-2-4-8-29(27)42/h1-17,24H,18H2. The van der Waals surface area contributed by atoms with E-state index in [0.29, 0.717) is 40.5 Å². The second kappa shape index (κ2) is 8.69. The first-order valence-electron chi connectivity index (χ1n) is 14.9. The maximum atomic E-state index is 9.76. The topological polar surface area (TPSA) is 80.2 Å². The lowest BCUT2D eigenvalue weighted by Gasteiger charge is -2.41. The normalized spacial score (nSPS) is 16.6. The first-order valence-corrected chi connectivity index (χ1v) is 14.9. The van der Waals surface area contributed by atoms with Gasteiger partial charge in [0, 0.05) is 45.2 Å². The summed E-state index contributed by atoms with van der Waals surface area (Å²) in [4.78, 5) is 0. The van der Waals surface area contributed by atoms with Crippen molar-refractivity contribution in [3.05, 3.63) is 137 Å². The van der Waals surface area contributed by atoms with Crippen LogP contribution in [-0.2, 0) is 0 Å². The summed E-state index contributed by atoms with van der Waals surface area (Å²) >= 11 is 0. The summed E-state index contributed by atoms with van der Waals surface area (Å²) in [7, 11) is 0. The third kappa shape index (κ3) is 3.27. The van der Waals surface area contributed by atoms with E-state index in [4.69, 9.17) is 14.2 Å². The molecule has 6 aromatic rings. The molecule has 3 aliphatic heterocycles. The van der Waals surface area contributed by atoms with E-state index in [1.165, 1.54) is 21.8 Å². The Morgan fingerprint density at radius 2 is 1.22 bits per heavy atom. The minimum atomic E-state index is -0.156. The Labute approximate surface area is 258 Å². The van der Waals surface area contributed by atoms with Crippen molar-refractivity contribution in [2.45, 2.75) is 12.3 Å². The second-order valence-electron chi connectivity index (χ2n) is 11.9. The maximum absolute atomic E-state index is 9.76. The first-order chi connectivity index (χ1) is 22.2. The number of allylic oxidation sites excluding steroid dienone is 3. The van der Waals surface area contributed by atoms with Crippen LogP contribution in [-0.4, -0.2) is 11.3 Å². The van der Waals surface area contributed by atoms with Gasteiger partial charge in [-0.1, -0.05) is 48.5 Å². The van der Waals surface area contributed by atoms with Gasteiger partial charge >= 0.3 is 0 Å². The summed E-state index contributed by atoms with van der Waals surface area (Å²) in [6.45, 7) is -0.156. The molecule has 0 amide bonds. The van der Waals surface area contributed by atoms with Gasteiger partial charge in [0.1, 0.15) is 34.5 Å². The molecule has 0 bridgehead atoms. The molecule has 4 aliphatic rings. The van der Waals surface area contributed by atoms with Crippen molar-refractivity contribution < 1.29 is 14.2 Å². The number of rotatable bonds is 2. The zero-order valence-corrected chi connectivity index (χ0v) is 23.7. The summed E-state index contributed by atoms with van der Waals surface area (Å²) in [5, 5.41) is 22.0. The third-order valence-electron chi connectivity index (χ3n) is 9.49. The molecule has 0 saturated heterocycles. The Morgan fingerprint density at radius 1 is 0.667 bits per heavy atom. The van der Waals surface area contributed by atoms with Gasteiger partial charge in [-0.2, -0.15) is 10.5 Å². The summed E-state index contributed by atoms with van der Waals surface area (Å²) in [6.07, 6.45) is 2.84. The zero-order chi connectivity index (χ0) is 29.8. The molecule has 1 atom stereocenters. The van der Waals surface area contributed by atoms with E-state index in [1.54, 1.807) is 24.3 Å². The van der Waals surface area contributed by atoms with Gasteiger partial charge in [0.15, 0.2) is 0 Å². The molecule has 45 heavy (non-hydrogen) atoms. The van der Waals surface area contributed by atoms with Crippen molar-refractivity contribution in [2.75, 3.05) is 0 Å². The SMILES string of the molecule is N#Cc1cc2c3c(c1)Oc1cc(C#N)cc4c1B3C1=C(CC(c3ccc(-n5c6ccccc6c6ccccc65)cc3)C=C1O2)O4. The van der Waals surface area contributed by atoms with Gasteiger partial charge in [0.25, 0.3) is 6.71 Å². The fourth-order valence-electron chi connectivity index (χ4n) is 7.59. The Morgan fingerprint density at radius 3 is 1.82 bits per heavy atom. The molecule has 10 rings (SSSR count). The fraction of sp³-hybridized carbons (Fsp3) is 0.0526. The monoisotopic (exact) mass is 577 g/mol. The molecule has 0 radical (unpaired) electrons. The van der Waals surface area contributed by atoms with Gasteiger partial charge in [-0.25, -0.2) is 0 Å². The van der Waals surface area contributed by atoms with Crippen molar-refractivity contribution in [1.29, 1.82) is 10.5 Å². The zero-order valence-electron chi connectivity index (χ0n) is 23.7. The van der Waals surface area contributed by atoms with Crippen LogP contribution in [0, 0.1) is 22.7 Å². The number of benzene rings is 5. The molecule has 0 spiro atoms. The van der Waals surface area contributed by atoms with Crippen molar-refractivity contribution in [3.8, 4) is 40.8 Å². The van der Waals surface area contributed by atoms with E-state index in [1.807, 2.05) is 0 Å². The van der Waals surface area contributed by atoms with E-state index >= 15 is 0 Å². The van der Waals surface area contributed by atoms with E-state index in [9.17, 15) is 10.5 Å². The Kier molecular flexibility index (Phi) is 4.69. The molecule has 0 fully saturated rings. The molecule has 6 nitrogen and oxygen atoms in total. The summed E-state index contributed by atoms with van der Waals surface area (Å²) in [6, 6.07) is 37.3. The first kappa shape index (κ1) is 24.3. The smallest absolute Gasteiger partial charge is 0.270 e. The summed E-state index contributed by atoms with van der Waals surface area (Å²) in [5.74, 6) is 4.01. The molecular weight excluding hydrogens is 557 g/mol. The average molecular weight is 577 g/mol. The Balaban J connectivity index is 1.10. The van der Waals surface area contributed by atoms with E-state index in [0.717, 1.165) is 39.2 Å². The van der Waals surface area contributed by atoms with E-state index in [-0.39, 0.29) is 12.6 Å². The largest absolute Gasteiger partial charge is 0.462 e. The molecule has 208 valence electrons. The number of fused-ring (bicyclic) bond motifs is 3. The van der Waals surface area contributed by atoms with E-state index in [2.05, 4.69) is 95.6 Å². The fourth-order valence-corrected chi connectivity index (χ4v) is 7.59. The highest BCUT2D eigenvalue weighted by molar-refractivity contribution is 6.94.